The van der Waals surface area contributed by atoms with Crippen LogP contribution in [0.4, 0.5) is 4.79 Å². The molecule has 1 unspecified atom stereocenters. The average molecular weight is 414 g/mol. The van der Waals surface area contributed by atoms with Crippen molar-refractivity contribution in [1.29, 1.82) is 0 Å². The molecule has 1 atom stereocenters. The first-order valence-electron chi connectivity index (χ1n) is 12.2. The van der Waals surface area contributed by atoms with E-state index in [1.165, 1.54) is 77.0 Å². The Hall–Kier alpha value is -1.26. The maximum atomic E-state index is 11.8. The molecule has 0 heterocycles. The summed E-state index contributed by atoms with van der Waals surface area (Å²) in [5.41, 5.74) is 0. The van der Waals surface area contributed by atoms with E-state index in [0.717, 1.165) is 25.7 Å². The number of amides is 1. The number of hydrogen-bond donors (Lipinski definition) is 1. The van der Waals surface area contributed by atoms with Crippen LogP contribution in [0.2, 0.25) is 0 Å². The summed E-state index contributed by atoms with van der Waals surface area (Å²) in [4.78, 5) is 23.4. The van der Waals surface area contributed by atoms with Gasteiger partial charge >= 0.3 is 12.1 Å². The van der Waals surface area contributed by atoms with Gasteiger partial charge in [0.2, 0.25) is 0 Å². The van der Waals surface area contributed by atoms with Crippen LogP contribution in [0.3, 0.4) is 0 Å². The number of carbonyl (C=O) groups is 2. The summed E-state index contributed by atoms with van der Waals surface area (Å²) in [6, 6.07) is -0.671. The van der Waals surface area contributed by atoms with Crippen molar-refractivity contribution in [3.05, 3.63) is 0 Å². The minimum absolute atomic E-state index is 0.378. The molecule has 0 bridgehead atoms. The zero-order valence-electron chi connectivity index (χ0n) is 19.4. The molecule has 0 aromatic carbocycles. The van der Waals surface area contributed by atoms with Crippen LogP contribution in [0.15, 0.2) is 0 Å². The van der Waals surface area contributed by atoms with Crippen molar-refractivity contribution >= 4 is 12.1 Å². The van der Waals surface area contributed by atoms with E-state index in [4.69, 9.17) is 9.47 Å². The highest BCUT2D eigenvalue weighted by atomic mass is 16.6. The maximum Gasteiger partial charge on any atom is 0.407 e. The molecule has 0 aromatic heterocycles. The van der Waals surface area contributed by atoms with Crippen LogP contribution in [0, 0.1) is 0 Å². The summed E-state index contributed by atoms with van der Waals surface area (Å²) < 4.78 is 10.2. The third-order valence-electron chi connectivity index (χ3n) is 5.16. The zero-order valence-corrected chi connectivity index (χ0v) is 19.4. The minimum Gasteiger partial charge on any atom is -0.464 e. The molecule has 1 amide bonds. The molecular weight excluding hydrogens is 366 g/mol. The summed E-state index contributed by atoms with van der Waals surface area (Å²) in [5, 5.41) is 2.51. The Kier molecular flexibility index (Phi) is 20.5. The van der Waals surface area contributed by atoms with E-state index < -0.39 is 18.1 Å². The fourth-order valence-corrected chi connectivity index (χ4v) is 3.18. The van der Waals surface area contributed by atoms with Crippen LogP contribution in [0.5, 0.6) is 0 Å². The van der Waals surface area contributed by atoms with Crippen LogP contribution in [0.25, 0.3) is 0 Å². The quantitative estimate of drug-likeness (QED) is 0.174. The van der Waals surface area contributed by atoms with Gasteiger partial charge in [-0.1, -0.05) is 104 Å². The lowest BCUT2D eigenvalue weighted by atomic mass is 10.0. The Bertz CT molecular complexity index is 387. The van der Waals surface area contributed by atoms with Crippen molar-refractivity contribution < 1.29 is 19.1 Å². The van der Waals surface area contributed by atoms with Crippen molar-refractivity contribution in [3.63, 3.8) is 0 Å². The van der Waals surface area contributed by atoms with Crippen LogP contribution >= 0.6 is 0 Å². The van der Waals surface area contributed by atoms with E-state index in [1.54, 1.807) is 6.92 Å². The summed E-state index contributed by atoms with van der Waals surface area (Å²) in [5.74, 6) is -0.396. The molecule has 0 fully saturated rings. The normalized spacial score (nSPS) is 11.8. The van der Waals surface area contributed by atoms with Crippen LogP contribution in [-0.4, -0.2) is 31.3 Å². The molecule has 5 nitrogen and oxygen atoms in total. The van der Waals surface area contributed by atoms with Gasteiger partial charge in [0, 0.05) is 0 Å². The van der Waals surface area contributed by atoms with Crippen molar-refractivity contribution in [3.8, 4) is 0 Å². The molecule has 1 N–H and O–H groups in total. The Morgan fingerprint density at radius 3 is 1.52 bits per heavy atom. The predicted molar refractivity (Wildman–Crippen MR) is 120 cm³/mol. The number of carbonyl (C=O) groups excluding carboxylic acids is 2. The predicted octanol–water partition coefficient (Wildman–Crippen LogP) is 6.93. The lowest BCUT2D eigenvalue weighted by Crippen LogP contribution is -2.40. The molecule has 0 spiro atoms. The Morgan fingerprint density at radius 1 is 0.621 bits per heavy atom. The Morgan fingerprint density at radius 2 is 1.03 bits per heavy atom. The molecule has 0 aliphatic heterocycles. The first kappa shape index (κ1) is 27.7. The van der Waals surface area contributed by atoms with Gasteiger partial charge in [0.25, 0.3) is 0 Å². The van der Waals surface area contributed by atoms with E-state index in [2.05, 4.69) is 12.2 Å². The highest BCUT2D eigenvalue weighted by molar-refractivity contribution is 5.80. The molecule has 172 valence electrons. The number of rotatable bonds is 20. The van der Waals surface area contributed by atoms with Gasteiger partial charge in [-0.25, -0.2) is 9.59 Å². The minimum atomic E-state index is -0.671. The topological polar surface area (TPSA) is 64.6 Å². The summed E-state index contributed by atoms with van der Waals surface area (Å²) in [7, 11) is 0. The SMILES string of the molecule is CCCCCCCCCCCCCCCCOC(=O)C(C)NC(=O)OCCCC. The van der Waals surface area contributed by atoms with Gasteiger partial charge in [-0.15, -0.1) is 0 Å². The van der Waals surface area contributed by atoms with E-state index in [-0.39, 0.29) is 0 Å². The second kappa shape index (κ2) is 21.4. The fraction of sp³-hybridized carbons (Fsp3) is 0.917. The molecule has 0 aliphatic carbocycles. The number of unbranched alkanes of at least 4 members (excludes halogenated alkanes) is 14. The van der Waals surface area contributed by atoms with E-state index in [0.29, 0.717) is 13.2 Å². The van der Waals surface area contributed by atoms with E-state index >= 15 is 0 Å². The van der Waals surface area contributed by atoms with Crippen LogP contribution in [-0.2, 0) is 14.3 Å². The second-order valence-electron chi connectivity index (χ2n) is 8.12. The molecule has 0 rings (SSSR count). The fourth-order valence-electron chi connectivity index (χ4n) is 3.18. The largest absolute Gasteiger partial charge is 0.464 e. The maximum absolute atomic E-state index is 11.8. The summed E-state index contributed by atoms with van der Waals surface area (Å²) >= 11 is 0. The summed E-state index contributed by atoms with van der Waals surface area (Å²) in [6.45, 7) is 6.71. The van der Waals surface area contributed by atoms with Crippen LogP contribution in [0.1, 0.15) is 124 Å². The number of nitrogens with one attached hydrogen (secondary N) is 1. The molecule has 5 heteroatoms. The standard InChI is InChI=1S/C24H47NO4/c1-4-6-8-9-10-11-12-13-14-15-16-17-18-19-21-28-23(26)22(3)25-24(27)29-20-7-5-2/h22H,4-21H2,1-3H3,(H,25,27). The van der Waals surface area contributed by atoms with Gasteiger partial charge in [-0.3, -0.25) is 0 Å². The first-order chi connectivity index (χ1) is 14.1. The van der Waals surface area contributed by atoms with Gasteiger partial charge in [-0.2, -0.15) is 0 Å². The van der Waals surface area contributed by atoms with E-state index in [9.17, 15) is 9.59 Å². The van der Waals surface area contributed by atoms with Gasteiger partial charge < -0.3 is 14.8 Å². The molecular formula is C24H47NO4. The third kappa shape index (κ3) is 19.8. The lowest BCUT2D eigenvalue weighted by Gasteiger charge is -2.13. The number of ether oxygens (including phenoxy) is 2. The van der Waals surface area contributed by atoms with E-state index in [1.807, 2.05) is 6.92 Å². The van der Waals surface area contributed by atoms with Crippen molar-refractivity contribution in [2.24, 2.45) is 0 Å². The molecule has 0 saturated carbocycles. The first-order valence-corrected chi connectivity index (χ1v) is 12.2. The Balaban J connectivity index is 3.36. The molecule has 0 aliphatic rings. The van der Waals surface area contributed by atoms with Crippen molar-refractivity contribution in [2.45, 2.75) is 130 Å². The monoisotopic (exact) mass is 413 g/mol. The zero-order chi connectivity index (χ0) is 21.6. The molecule has 0 radical (unpaired) electrons. The number of esters is 1. The van der Waals surface area contributed by atoms with Gasteiger partial charge in [0.05, 0.1) is 13.2 Å². The average Bonchev–Trinajstić information content (AvgIpc) is 2.70. The number of hydrogen-bond acceptors (Lipinski definition) is 4. The molecule has 29 heavy (non-hydrogen) atoms. The lowest BCUT2D eigenvalue weighted by molar-refractivity contribution is -0.145. The smallest absolute Gasteiger partial charge is 0.407 e. The third-order valence-corrected chi connectivity index (χ3v) is 5.16. The number of alkyl carbamates (subject to hydrolysis) is 1. The highest BCUT2D eigenvalue weighted by Gasteiger charge is 2.17. The second-order valence-corrected chi connectivity index (χ2v) is 8.12. The highest BCUT2D eigenvalue weighted by Crippen LogP contribution is 2.13. The Labute approximate surface area is 179 Å². The van der Waals surface area contributed by atoms with Gasteiger partial charge in [0.15, 0.2) is 0 Å². The molecule has 0 aromatic rings. The summed E-state index contributed by atoms with van der Waals surface area (Å²) in [6.07, 6.45) is 19.5. The molecule has 0 saturated heterocycles. The van der Waals surface area contributed by atoms with Gasteiger partial charge in [0.1, 0.15) is 6.04 Å². The van der Waals surface area contributed by atoms with Crippen molar-refractivity contribution in [1.82, 2.24) is 5.32 Å². The van der Waals surface area contributed by atoms with Crippen LogP contribution < -0.4 is 5.32 Å². The van der Waals surface area contributed by atoms with Gasteiger partial charge in [-0.05, 0) is 19.8 Å². The van der Waals surface area contributed by atoms with Crippen molar-refractivity contribution in [2.75, 3.05) is 13.2 Å².